The number of nitrogens with zero attached hydrogens (tertiary/aromatic N) is 2. The molecule has 6 bridgehead atoms. The number of esters is 2. The van der Waals surface area contributed by atoms with Crippen molar-refractivity contribution in [2.45, 2.75) is 87.5 Å². The molecular weight excluding hydrogens is 668 g/mol. The first-order chi connectivity index (χ1) is 25.7. The predicted octanol–water partition coefficient (Wildman–Crippen LogP) is 5.70. The highest BCUT2D eigenvalue weighted by molar-refractivity contribution is 5.93. The summed E-state index contributed by atoms with van der Waals surface area (Å²) in [6.07, 6.45) is 5.35. The fourth-order valence-electron chi connectivity index (χ4n) is 12.8. The van der Waals surface area contributed by atoms with Gasteiger partial charge in [0.1, 0.15) is 16.8 Å². The molecule has 5 aliphatic heterocycles. The Balaban J connectivity index is 1.20. The number of carbonyl (C=O) groups excluding carboxylic acids is 2. The maximum atomic E-state index is 14.3. The van der Waals surface area contributed by atoms with Crippen molar-refractivity contribution in [2.24, 2.45) is 23.7 Å². The van der Waals surface area contributed by atoms with Gasteiger partial charge >= 0.3 is 11.9 Å². The van der Waals surface area contributed by atoms with Crippen molar-refractivity contribution >= 4 is 33.7 Å². The topological polar surface area (TPSA) is 112 Å². The molecule has 2 aromatic heterocycles. The predicted molar refractivity (Wildman–Crippen MR) is 201 cm³/mol. The Morgan fingerprint density at radius 3 is 2.57 bits per heavy atom. The molecule has 2 aliphatic carbocycles. The van der Waals surface area contributed by atoms with Gasteiger partial charge in [-0.2, -0.15) is 0 Å². The smallest absolute Gasteiger partial charge is 0.319 e. The third-order valence-corrected chi connectivity index (χ3v) is 15.0. The molecule has 7 heterocycles. The summed E-state index contributed by atoms with van der Waals surface area (Å²) in [5, 5.41) is 2.34. The van der Waals surface area contributed by atoms with Crippen molar-refractivity contribution in [3.63, 3.8) is 0 Å². The van der Waals surface area contributed by atoms with Gasteiger partial charge in [0, 0.05) is 88.4 Å². The summed E-state index contributed by atoms with van der Waals surface area (Å²) >= 11 is 0. The highest BCUT2D eigenvalue weighted by Crippen LogP contribution is 2.59. The van der Waals surface area contributed by atoms with Crippen LogP contribution in [0.25, 0.3) is 21.8 Å². The fourth-order valence-corrected chi connectivity index (χ4v) is 12.8. The van der Waals surface area contributed by atoms with E-state index in [2.05, 4.69) is 77.1 Å². The number of epoxide rings is 1. The fraction of sp³-hybridized carbons (Fsp3) is 0.581. The van der Waals surface area contributed by atoms with Crippen LogP contribution in [0.4, 0.5) is 0 Å². The monoisotopic (exact) mass is 720 g/mol. The van der Waals surface area contributed by atoms with Gasteiger partial charge in [-0.25, -0.2) is 0 Å². The summed E-state index contributed by atoms with van der Waals surface area (Å²) in [6.45, 7) is 7.16. The second-order valence-electron chi connectivity index (χ2n) is 17.2. The molecule has 0 amide bonds. The Labute approximate surface area is 310 Å². The number of benzene rings is 2. The minimum atomic E-state index is -0.734. The van der Waals surface area contributed by atoms with Crippen molar-refractivity contribution in [2.75, 3.05) is 48.0 Å². The molecule has 7 aliphatic rings. The lowest BCUT2D eigenvalue weighted by molar-refractivity contribution is -0.162. The Morgan fingerprint density at radius 2 is 1.83 bits per heavy atom. The number of ether oxygens (including phenoxy) is 4. The first-order valence-electron chi connectivity index (χ1n) is 19.8. The van der Waals surface area contributed by atoms with Crippen LogP contribution in [0.15, 0.2) is 36.4 Å². The maximum Gasteiger partial charge on any atom is 0.319 e. The van der Waals surface area contributed by atoms with Crippen LogP contribution in [0.1, 0.15) is 73.5 Å². The highest BCUT2D eigenvalue weighted by Gasteiger charge is 2.67. The van der Waals surface area contributed by atoms with Crippen LogP contribution in [-0.2, 0) is 42.1 Å². The third-order valence-electron chi connectivity index (χ3n) is 15.0. The minimum Gasteiger partial charge on any atom is -0.496 e. The number of hydrogen-bond acceptors (Lipinski definition) is 8. The Kier molecular flexibility index (Phi) is 7.51. The van der Waals surface area contributed by atoms with Crippen LogP contribution in [-0.4, -0.2) is 104 Å². The molecule has 2 aromatic carbocycles. The Hall–Kier alpha value is -3.86. The molecule has 53 heavy (non-hydrogen) atoms. The standard InChI is InChI=1S/C43H52N4O6/c1-7-24-14-23-19-42(41(49)52-6)38-26(12-13-47(20-23)39(24)42)27-15-28(35(50-4)18-33(27)45-38)29-16-31-36(40(48)51-5)34(46(3)21-43(31)22(2)53-43)17-30-25-10-8-9-11-32(25)44-37(29)30/h8-11,15,18,22-24,29,31,34,36,39,44-45H,7,12-14,16-17,19-21H2,1-6H3/t22-,23-,24+,29+,31-,34+,36-,39+,42-,43+/m0/s1. The lowest BCUT2D eigenvalue weighted by atomic mass is 9.56. The molecule has 4 saturated heterocycles. The normalized spacial score (nSPS) is 37.1. The Bertz CT molecular complexity index is 2160. The van der Waals surface area contributed by atoms with Gasteiger partial charge in [0.25, 0.3) is 0 Å². The first-order valence-corrected chi connectivity index (χ1v) is 19.8. The largest absolute Gasteiger partial charge is 0.496 e. The third kappa shape index (κ3) is 4.49. The van der Waals surface area contributed by atoms with Gasteiger partial charge in [0.05, 0.1) is 33.4 Å². The molecule has 11 atom stereocenters. The number of H-pyrrole nitrogens is 2. The van der Waals surface area contributed by atoms with Gasteiger partial charge in [0.15, 0.2) is 0 Å². The molecule has 0 radical (unpaired) electrons. The number of nitrogens with one attached hydrogen (secondary N) is 2. The van der Waals surface area contributed by atoms with Crippen molar-refractivity contribution in [3.8, 4) is 5.75 Å². The summed E-state index contributed by atoms with van der Waals surface area (Å²) in [5.41, 5.74) is 6.71. The summed E-state index contributed by atoms with van der Waals surface area (Å²) in [6, 6.07) is 13.1. The zero-order chi connectivity index (χ0) is 36.6. The number of rotatable bonds is 5. The molecule has 10 heteroatoms. The number of likely N-dealkylation sites (tertiary alicyclic amines) is 1. The number of methoxy groups -OCH3 is 3. The second-order valence-corrected chi connectivity index (χ2v) is 17.2. The molecule has 1 unspecified atom stereocenters. The molecule has 1 saturated carbocycles. The van der Waals surface area contributed by atoms with E-state index in [4.69, 9.17) is 18.9 Å². The number of hydrogen-bond donors (Lipinski definition) is 2. The molecule has 11 rings (SSSR count). The van der Waals surface area contributed by atoms with E-state index in [9.17, 15) is 9.59 Å². The molecule has 5 fully saturated rings. The van der Waals surface area contributed by atoms with E-state index >= 15 is 0 Å². The van der Waals surface area contributed by atoms with E-state index in [1.807, 2.05) is 0 Å². The molecule has 280 valence electrons. The lowest BCUT2D eigenvalue weighted by Crippen LogP contribution is -2.67. The molecule has 2 N–H and O–H groups in total. The van der Waals surface area contributed by atoms with E-state index in [0.717, 1.165) is 78.7 Å². The van der Waals surface area contributed by atoms with E-state index in [0.29, 0.717) is 18.3 Å². The van der Waals surface area contributed by atoms with Crippen molar-refractivity contribution < 1.29 is 28.5 Å². The van der Waals surface area contributed by atoms with Crippen LogP contribution in [0, 0.1) is 23.7 Å². The molecule has 10 nitrogen and oxygen atoms in total. The van der Waals surface area contributed by atoms with E-state index in [1.165, 1.54) is 35.7 Å². The van der Waals surface area contributed by atoms with Gasteiger partial charge in [-0.15, -0.1) is 0 Å². The van der Waals surface area contributed by atoms with Gasteiger partial charge in [0.2, 0.25) is 0 Å². The van der Waals surface area contributed by atoms with E-state index < -0.39 is 11.0 Å². The van der Waals surface area contributed by atoms with Gasteiger partial charge in [-0.3, -0.25) is 19.4 Å². The summed E-state index contributed by atoms with van der Waals surface area (Å²) in [7, 11) is 6.96. The van der Waals surface area contributed by atoms with Gasteiger partial charge in [-0.05, 0) is 81.2 Å². The van der Waals surface area contributed by atoms with E-state index in [1.54, 1.807) is 14.2 Å². The number of fused-ring (bicyclic) bond motifs is 10. The lowest BCUT2D eigenvalue weighted by Gasteiger charge is -2.57. The van der Waals surface area contributed by atoms with Crippen LogP contribution in [0.5, 0.6) is 5.75 Å². The van der Waals surface area contributed by atoms with E-state index in [-0.39, 0.29) is 47.9 Å². The average molecular weight is 721 g/mol. The van der Waals surface area contributed by atoms with Crippen LogP contribution in [0.2, 0.25) is 0 Å². The maximum absolute atomic E-state index is 14.3. The SMILES string of the molecule is CC[C@@H]1C[C@@H]2CN3CCc4c([nH]c5cc(OC)c([C@H]6C[C@H]7[C@H](C(=O)OC)[C@@H](Cc8c6[nH]c6ccccc86)N(C)C[C@]76O[C@H]6C)cc45)[C@@](C(=O)OC)(C2)[C@@H]13. The number of piperidine rings is 3. The Morgan fingerprint density at radius 1 is 1.02 bits per heavy atom. The number of carbonyl (C=O) groups is 2. The number of likely N-dealkylation sites (N-methyl/N-ethyl adjacent to an activating group) is 1. The highest BCUT2D eigenvalue weighted by atomic mass is 16.6. The molecule has 4 aromatic rings. The zero-order valence-electron chi connectivity index (χ0n) is 31.8. The quantitative estimate of drug-likeness (QED) is 0.200. The van der Waals surface area contributed by atoms with Gasteiger partial charge in [-0.1, -0.05) is 31.5 Å². The minimum absolute atomic E-state index is 0.0238. The first kappa shape index (κ1) is 33.7. The number of para-hydroxylation sites is 1. The van der Waals surface area contributed by atoms with Gasteiger partial charge < -0.3 is 28.9 Å². The average Bonchev–Trinajstić information content (AvgIpc) is 3.50. The second kappa shape index (κ2) is 11.8. The summed E-state index contributed by atoms with van der Waals surface area (Å²) < 4.78 is 24.2. The van der Waals surface area contributed by atoms with Crippen LogP contribution >= 0.6 is 0 Å². The van der Waals surface area contributed by atoms with Crippen molar-refractivity contribution in [3.05, 3.63) is 64.5 Å². The van der Waals surface area contributed by atoms with Crippen molar-refractivity contribution in [1.29, 1.82) is 0 Å². The molecule has 1 spiro atoms. The van der Waals surface area contributed by atoms with Crippen molar-refractivity contribution in [1.82, 2.24) is 19.8 Å². The van der Waals surface area contributed by atoms with Crippen LogP contribution in [0.3, 0.4) is 0 Å². The summed E-state index contributed by atoms with van der Waals surface area (Å²) in [4.78, 5) is 40.9. The molecular formula is C43H52N4O6. The number of aromatic nitrogens is 2. The summed E-state index contributed by atoms with van der Waals surface area (Å²) in [5.74, 6) is 0.907. The van der Waals surface area contributed by atoms with Crippen LogP contribution < -0.4 is 4.74 Å². The number of aromatic amines is 2. The zero-order valence-corrected chi connectivity index (χ0v) is 31.8.